The first-order valence-corrected chi connectivity index (χ1v) is 10.9. The lowest BCUT2D eigenvalue weighted by Gasteiger charge is -2.34. The molecular formula is C24H34N4O3. The minimum absolute atomic E-state index is 0.0685. The lowest BCUT2D eigenvalue weighted by atomic mass is 10.0. The summed E-state index contributed by atoms with van der Waals surface area (Å²) in [5, 5.41) is 3.03. The first kappa shape index (κ1) is 22.7. The van der Waals surface area contributed by atoms with E-state index in [2.05, 4.69) is 22.3 Å². The van der Waals surface area contributed by atoms with Crippen LogP contribution in [0.4, 0.5) is 10.5 Å². The second-order valence-electron chi connectivity index (χ2n) is 9.01. The van der Waals surface area contributed by atoms with Gasteiger partial charge < -0.3 is 24.4 Å². The minimum atomic E-state index is -0.492. The van der Waals surface area contributed by atoms with Gasteiger partial charge in [0.15, 0.2) is 0 Å². The number of carbonyl (C=O) groups excluding carboxylic acids is 2. The molecule has 3 rings (SSSR count). The van der Waals surface area contributed by atoms with Crippen molar-refractivity contribution in [1.29, 1.82) is 0 Å². The van der Waals surface area contributed by atoms with E-state index in [4.69, 9.17) is 4.74 Å². The molecule has 2 aromatic rings. The van der Waals surface area contributed by atoms with E-state index in [0.717, 1.165) is 25.1 Å². The van der Waals surface area contributed by atoms with E-state index in [9.17, 15) is 9.59 Å². The molecule has 0 saturated carbocycles. The Morgan fingerprint density at radius 1 is 1.10 bits per heavy atom. The van der Waals surface area contributed by atoms with Gasteiger partial charge in [0, 0.05) is 51.2 Å². The Labute approximate surface area is 185 Å². The number of likely N-dealkylation sites (tertiary alicyclic amines) is 1. The molecule has 1 aromatic carbocycles. The van der Waals surface area contributed by atoms with Gasteiger partial charge in [-0.25, -0.2) is 4.79 Å². The smallest absolute Gasteiger partial charge is 0.410 e. The Morgan fingerprint density at radius 2 is 1.77 bits per heavy atom. The molecule has 2 heterocycles. The highest BCUT2D eigenvalue weighted by molar-refractivity contribution is 5.92. The Morgan fingerprint density at radius 3 is 2.42 bits per heavy atom. The lowest BCUT2D eigenvalue weighted by molar-refractivity contribution is 0.0187. The number of hydrogen-bond acceptors (Lipinski definition) is 4. The average molecular weight is 427 g/mol. The van der Waals surface area contributed by atoms with Gasteiger partial charge in [-0.15, -0.1) is 0 Å². The van der Waals surface area contributed by atoms with Crippen LogP contribution in [0.1, 0.15) is 50.1 Å². The summed E-state index contributed by atoms with van der Waals surface area (Å²) >= 11 is 0. The van der Waals surface area contributed by atoms with Gasteiger partial charge in [-0.3, -0.25) is 4.79 Å². The summed E-state index contributed by atoms with van der Waals surface area (Å²) in [5.41, 5.74) is 1.30. The topological polar surface area (TPSA) is 66.8 Å². The van der Waals surface area contributed by atoms with Crippen LogP contribution in [0.25, 0.3) is 0 Å². The maximum atomic E-state index is 12.8. The number of amides is 2. The Kier molecular flexibility index (Phi) is 7.25. The quantitative estimate of drug-likeness (QED) is 0.760. The van der Waals surface area contributed by atoms with E-state index in [1.807, 2.05) is 68.9 Å². The highest BCUT2D eigenvalue weighted by Crippen LogP contribution is 2.25. The molecule has 0 spiro atoms. The average Bonchev–Trinajstić information content (AvgIpc) is 3.23. The van der Waals surface area contributed by atoms with Gasteiger partial charge in [0.2, 0.25) is 0 Å². The summed E-state index contributed by atoms with van der Waals surface area (Å²) in [6.45, 7) is 8.17. The molecular weight excluding hydrogens is 392 g/mol. The van der Waals surface area contributed by atoms with Crippen molar-refractivity contribution in [3.05, 3.63) is 54.4 Å². The Bertz CT molecular complexity index is 864. The third-order valence-electron chi connectivity index (χ3n) is 5.45. The van der Waals surface area contributed by atoms with Crippen LogP contribution in [-0.2, 0) is 4.74 Å². The van der Waals surface area contributed by atoms with E-state index < -0.39 is 5.60 Å². The third-order valence-corrected chi connectivity index (χ3v) is 5.45. The van der Waals surface area contributed by atoms with Gasteiger partial charge in [0.1, 0.15) is 11.3 Å². The highest BCUT2D eigenvalue weighted by atomic mass is 16.6. The standard InChI is InChI=1S/C24H34N4O3/c1-24(2,3)31-23(30)27-16-12-20(13-17-27)28-15-8-11-21(28)22(29)25-14-18-26(4)19-9-6-5-7-10-19/h5-11,15,20H,12-14,16-18H2,1-4H3,(H,25,29). The zero-order valence-electron chi connectivity index (χ0n) is 19.0. The molecule has 0 unspecified atom stereocenters. The van der Waals surface area contributed by atoms with E-state index in [1.54, 1.807) is 4.90 Å². The second kappa shape index (κ2) is 9.90. The SMILES string of the molecule is CN(CCNC(=O)c1cccn1C1CCN(C(=O)OC(C)(C)C)CC1)c1ccccc1. The van der Waals surface area contributed by atoms with Crippen molar-refractivity contribution in [2.24, 2.45) is 0 Å². The molecule has 0 bridgehead atoms. The number of hydrogen-bond donors (Lipinski definition) is 1. The van der Waals surface area contributed by atoms with Crippen molar-refractivity contribution in [2.75, 3.05) is 38.1 Å². The maximum Gasteiger partial charge on any atom is 0.410 e. The molecule has 168 valence electrons. The lowest BCUT2D eigenvalue weighted by Crippen LogP contribution is -2.42. The number of rotatable bonds is 6. The van der Waals surface area contributed by atoms with Gasteiger partial charge in [-0.2, -0.15) is 0 Å². The molecule has 0 aliphatic carbocycles. The molecule has 31 heavy (non-hydrogen) atoms. The zero-order chi connectivity index (χ0) is 22.4. The number of ether oxygens (including phenoxy) is 1. The van der Waals surface area contributed by atoms with Crippen LogP contribution in [0.5, 0.6) is 0 Å². The van der Waals surface area contributed by atoms with E-state index in [-0.39, 0.29) is 18.0 Å². The van der Waals surface area contributed by atoms with Crippen LogP contribution in [0.15, 0.2) is 48.7 Å². The summed E-state index contributed by atoms with van der Waals surface area (Å²) in [7, 11) is 2.02. The van der Waals surface area contributed by atoms with Gasteiger partial charge in [-0.05, 0) is 57.9 Å². The van der Waals surface area contributed by atoms with Crippen LogP contribution in [0, 0.1) is 0 Å². The predicted octanol–water partition coefficient (Wildman–Crippen LogP) is 3.93. The minimum Gasteiger partial charge on any atom is -0.444 e. The first-order chi connectivity index (χ1) is 14.7. The van der Waals surface area contributed by atoms with E-state index >= 15 is 0 Å². The number of likely N-dealkylation sites (N-methyl/N-ethyl adjacent to an activating group) is 1. The number of aromatic nitrogens is 1. The van der Waals surface area contributed by atoms with Gasteiger partial charge in [-0.1, -0.05) is 18.2 Å². The summed E-state index contributed by atoms with van der Waals surface area (Å²) in [6, 6.07) is 14.1. The van der Waals surface area contributed by atoms with Gasteiger partial charge in [0.05, 0.1) is 0 Å². The molecule has 7 nitrogen and oxygen atoms in total. The summed E-state index contributed by atoms with van der Waals surface area (Å²) < 4.78 is 7.52. The number of nitrogens with zero attached hydrogens (tertiary/aromatic N) is 3. The fourth-order valence-electron chi connectivity index (χ4n) is 3.80. The van der Waals surface area contributed by atoms with Crippen molar-refractivity contribution in [3.63, 3.8) is 0 Å². The van der Waals surface area contributed by atoms with Crippen molar-refractivity contribution in [3.8, 4) is 0 Å². The molecule has 0 atom stereocenters. The van der Waals surface area contributed by atoms with E-state index in [0.29, 0.717) is 25.3 Å². The summed E-state index contributed by atoms with van der Waals surface area (Å²) in [5.74, 6) is -0.0685. The zero-order valence-corrected chi connectivity index (χ0v) is 19.0. The van der Waals surface area contributed by atoms with Crippen molar-refractivity contribution < 1.29 is 14.3 Å². The number of anilines is 1. The van der Waals surface area contributed by atoms with Crippen LogP contribution in [0.3, 0.4) is 0 Å². The van der Waals surface area contributed by atoms with Gasteiger partial charge in [0.25, 0.3) is 5.91 Å². The number of carbonyl (C=O) groups is 2. The normalized spacial score (nSPS) is 14.9. The van der Waals surface area contributed by atoms with E-state index in [1.165, 1.54) is 0 Å². The van der Waals surface area contributed by atoms with Crippen LogP contribution in [-0.4, -0.2) is 60.3 Å². The molecule has 7 heteroatoms. The number of nitrogens with one attached hydrogen (secondary N) is 1. The largest absolute Gasteiger partial charge is 0.444 e. The number of benzene rings is 1. The number of piperidine rings is 1. The Hall–Kier alpha value is -2.96. The number of para-hydroxylation sites is 1. The van der Waals surface area contributed by atoms with Crippen LogP contribution >= 0.6 is 0 Å². The van der Waals surface area contributed by atoms with Crippen molar-refractivity contribution in [1.82, 2.24) is 14.8 Å². The predicted molar refractivity (Wildman–Crippen MR) is 123 cm³/mol. The van der Waals surface area contributed by atoms with Gasteiger partial charge >= 0.3 is 6.09 Å². The molecule has 1 aliphatic heterocycles. The summed E-state index contributed by atoms with van der Waals surface area (Å²) in [4.78, 5) is 28.9. The fraction of sp³-hybridized carbons (Fsp3) is 0.500. The van der Waals surface area contributed by atoms with Crippen LogP contribution < -0.4 is 10.2 Å². The summed E-state index contributed by atoms with van der Waals surface area (Å²) in [6.07, 6.45) is 3.29. The molecule has 1 aliphatic rings. The monoisotopic (exact) mass is 426 g/mol. The highest BCUT2D eigenvalue weighted by Gasteiger charge is 2.28. The molecule has 2 amide bonds. The third kappa shape index (κ3) is 6.26. The molecule has 1 N–H and O–H groups in total. The first-order valence-electron chi connectivity index (χ1n) is 10.9. The maximum absolute atomic E-state index is 12.8. The second-order valence-corrected chi connectivity index (χ2v) is 9.01. The van der Waals surface area contributed by atoms with Crippen LogP contribution in [0.2, 0.25) is 0 Å². The molecule has 1 fully saturated rings. The van der Waals surface area contributed by atoms with Crippen molar-refractivity contribution >= 4 is 17.7 Å². The molecule has 0 radical (unpaired) electrons. The Balaban J connectivity index is 1.50. The molecule has 1 aromatic heterocycles. The van der Waals surface area contributed by atoms with Crippen molar-refractivity contribution in [2.45, 2.75) is 45.3 Å². The fourth-order valence-corrected chi connectivity index (χ4v) is 3.80. The molecule has 1 saturated heterocycles.